The van der Waals surface area contributed by atoms with Crippen molar-refractivity contribution in [2.24, 2.45) is 0 Å². The number of amides is 1. The highest BCUT2D eigenvalue weighted by Crippen LogP contribution is 2.27. The molecule has 0 spiro atoms. The zero-order chi connectivity index (χ0) is 19.9. The summed E-state index contributed by atoms with van der Waals surface area (Å²) in [6.45, 7) is 0.0644. The van der Waals surface area contributed by atoms with E-state index in [9.17, 15) is 9.59 Å². The molecule has 0 saturated heterocycles. The number of methoxy groups -OCH3 is 1. The average molecular weight is 418 g/mol. The monoisotopic (exact) mass is 417 g/mol. The van der Waals surface area contributed by atoms with Crippen molar-refractivity contribution in [3.63, 3.8) is 0 Å². The first-order chi connectivity index (χ1) is 13.6. The Morgan fingerprint density at radius 3 is 2.86 bits per heavy atom. The Balaban J connectivity index is 1.47. The second-order valence-corrected chi connectivity index (χ2v) is 7.69. The molecule has 0 unspecified atom stereocenters. The Bertz CT molecular complexity index is 976. The number of nitrogens with zero attached hydrogens (tertiary/aromatic N) is 3. The van der Waals surface area contributed by atoms with Crippen LogP contribution in [0.15, 0.2) is 47.1 Å². The van der Waals surface area contributed by atoms with Crippen molar-refractivity contribution in [3.05, 3.63) is 47.6 Å². The molecule has 0 N–H and O–H groups in total. The highest BCUT2D eigenvalue weighted by Gasteiger charge is 2.15. The van der Waals surface area contributed by atoms with Gasteiger partial charge in [-0.25, -0.2) is 9.97 Å². The van der Waals surface area contributed by atoms with E-state index in [0.29, 0.717) is 12.3 Å². The number of thiophene rings is 1. The number of esters is 1. The number of para-hydroxylation sites is 1. The molecule has 0 saturated carbocycles. The standard InChI is InChI=1S/C19H19N3O4S2/c1-22(9-13-5-3-4-6-15(13)25-2)16(23)10-26-17(24)11-28-19-14-7-8-27-18(14)20-12-21-19/h3-8,12H,9-11H2,1-2H3. The smallest absolute Gasteiger partial charge is 0.316 e. The molecule has 0 atom stereocenters. The maximum absolute atomic E-state index is 12.2. The van der Waals surface area contributed by atoms with E-state index >= 15 is 0 Å². The van der Waals surface area contributed by atoms with Gasteiger partial charge in [-0.15, -0.1) is 11.3 Å². The predicted octanol–water partition coefficient (Wildman–Crippen LogP) is 2.99. The van der Waals surface area contributed by atoms with Gasteiger partial charge in [0.2, 0.25) is 0 Å². The SMILES string of the molecule is COc1ccccc1CN(C)C(=O)COC(=O)CSc1ncnc2sccc12. The van der Waals surface area contributed by atoms with Crippen LogP contribution in [0.1, 0.15) is 5.56 Å². The molecule has 28 heavy (non-hydrogen) atoms. The van der Waals surface area contributed by atoms with Gasteiger partial charge >= 0.3 is 5.97 Å². The molecule has 0 aliphatic rings. The first-order valence-electron chi connectivity index (χ1n) is 8.41. The number of hydrogen-bond acceptors (Lipinski definition) is 8. The number of carbonyl (C=O) groups excluding carboxylic acids is 2. The lowest BCUT2D eigenvalue weighted by atomic mass is 10.2. The van der Waals surface area contributed by atoms with E-state index in [4.69, 9.17) is 9.47 Å². The first-order valence-corrected chi connectivity index (χ1v) is 10.3. The van der Waals surface area contributed by atoms with Crippen molar-refractivity contribution in [3.8, 4) is 5.75 Å². The minimum atomic E-state index is -0.467. The highest BCUT2D eigenvalue weighted by molar-refractivity contribution is 8.00. The molecule has 0 bridgehead atoms. The van der Waals surface area contributed by atoms with Crippen LogP contribution in [0.3, 0.4) is 0 Å². The summed E-state index contributed by atoms with van der Waals surface area (Å²) in [7, 11) is 3.24. The fourth-order valence-corrected chi connectivity index (χ4v) is 4.06. The van der Waals surface area contributed by atoms with Crippen LogP contribution in [0.25, 0.3) is 10.2 Å². The van der Waals surface area contributed by atoms with Gasteiger partial charge in [0, 0.05) is 24.5 Å². The zero-order valence-corrected chi connectivity index (χ0v) is 17.1. The molecule has 1 aromatic carbocycles. The molecule has 146 valence electrons. The first kappa shape index (κ1) is 20.1. The molecule has 2 aromatic heterocycles. The van der Waals surface area contributed by atoms with Crippen molar-refractivity contribution in [1.29, 1.82) is 0 Å². The molecule has 0 aliphatic heterocycles. The highest BCUT2D eigenvalue weighted by atomic mass is 32.2. The van der Waals surface area contributed by atoms with Gasteiger partial charge in [0.05, 0.1) is 12.9 Å². The third-order valence-electron chi connectivity index (χ3n) is 3.93. The lowest BCUT2D eigenvalue weighted by Crippen LogP contribution is -2.31. The largest absolute Gasteiger partial charge is 0.496 e. The fraction of sp³-hybridized carbons (Fsp3) is 0.263. The van der Waals surface area contributed by atoms with Gasteiger partial charge in [-0.2, -0.15) is 0 Å². The number of rotatable bonds is 8. The van der Waals surface area contributed by atoms with E-state index in [1.807, 2.05) is 35.7 Å². The van der Waals surface area contributed by atoms with Crippen LogP contribution >= 0.6 is 23.1 Å². The second-order valence-electron chi connectivity index (χ2n) is 5.83. The molecule has 0 radical (unpaired) electrons. The number of ether oxygens (including phenoxy) is 2. The number of likely N-dealkylation sites (N-methyl/N-ethyl adjacent to an activating group) is 1. The quantitative estimate of drug-likeness (QED) is 0.317. The van der Waals surface area contributed by atoms with E-state index < -0.39 is 5.97 Å². The summed E-state index contributed by atoms with van der Waals surface area (Å²) >= 11 is 2.79. The number of fused-ring (bicyclic) bond motifs is 1. The molecule has 9 heteroatoms. The number of thioether (sulfide) groups is 1. The fourth-order valence-electron chi connectivity index (χ4n) is 2.48. The Hall–Kier alpha value is -2.65. The van der Waals surface area contributed by atoms with Gasteiger partial charge in [0.25, 0.3) is 5.91 Å². The Morgan fingerprint density at radius 2 is 2.04 bits per heavy atom. The van der Waals surface area contributed by atoms with Gasteiger partial charge in [0.1, 0.15) is 21.9 Å². The number of carbonyl (C=O) groups is 2. The van der Waals surface area contributed by atoms with Crippen LogP contribution < -0.4 is 4.74 Å². The zero-order valence-electron chi connectivity index (χ0n) is 15.5. The van der Waals surface area contributed by atoms with Crippen LogP contribution in [-0.4, -0.2) is 53.3 Å². The van der Waals surface area contributed by atoms with Crippen LogP contribution in [0.5, 0.6) is 5.75 Å². The third kappa shape index (κ3) is 4.99. The van der Waals surface area contributed by atoms with E-state index in [2.05, 4.69) is 9.97 Å². The lowest BCUT2D eigenvalue weighted by molar-refractivity contribution is -0.149. The van der Waals surface area contributed by atoms with E-state index in [1.54, 1.807) is 14.2 Å². The second kappa shape index (κ2) is 9.52. The van der Waals surface area contributed by atoms with Gasteiger partial charge in [-0.05, 0) is 17.5 Å². The third-order valence-corrected chi connectivity index (χ3v) is 5.73. The predicted molar refractivity (Wildman–Crippen MR) is 109 cm³/mol. The lowest BCUT2D eigenvalue weighted by Gasteiger charge is -2.18. The summed E-state index contributed by atoms with van der Waals surface area (Å²) in [5.74, 6) is 0.0311. The minimum absolute atomic E-state index is 0.0749. The Kier molecular flexibility index (Phi) is 6.83. The molecule has 3 rings (SSSR count). The maximum atomic E-state index is 12.2. The summed E-state index contributed by atoms with van der Waals surface area (Å²) < 4.78 is 10.4. The summed E-state index contributed by atoms with van der Waals surface area (Å²) in [4.78, 5) is 35.0. The van der Waals surface area contributed by atoms with Crippen LogP contribution in [0.4, 0.5) is 0 Å². The summed E-state index contributed by atoms with van der Waals surface area (Å²) in [5.41, 5.74) is 0.881. The molecule has 1 amide bonds. The Labute approximate surface area is 170 Å². The van der Waals surface area contributed by atoms with Crippen molar-refractivity contribution in [1.82, 2.24) is 14.9 Å². The van der Waals surface area contributed by atoms with Crippen molar-refractivity contribution < 1.29 is 19.1 Å². The summed E-state index contributed by atoms with van der Waals surface area (Å²) in [6, 6.07) is 9.39. The molecule has 0 fully saturated rings. The summed E-state index contributed by atoms with van der Waals surface area (Å²) in [5, 5.41) is 3.57. The molecule has 3 aromatic rings. The van der Waals surface area contributed by atoms with Gasteiger partial charge in [-0.1, -0.05) is 30.0 Å². The molecule has 0 aliphatic carbocycles. The van der Waals surface area contributed by atoms with Gasteiger partial charge < -0.3 is 14.4 Å². The number of benzene rings is 1. The summed E-state index contributed by atoms with van der Waals surface area (Å²) in [6.07, 6.45) is 1.48. The van der Waals surface area contributed by atoms with E-state index in [1.165, 1.54) is 34.3 Å². The molecular formula is C19H19N3O4S2. The van der Waals surface area contributed by atoms with Crippen LogP contribution in [0, 0.1) is 0 Å². The van der Waals surface area contributed by atoms with Crippen molar-refractivity contribution >= 4 is 45.2 Å². The van der Waals surface area contributed by atoms with Crippen molar-refractivity contribution in [2.75, 3.05) is 26.5 Å². The number of hydrogen-bond donors (Lipinski definition) is 0. The average Bonchev–Trinajstić information content (AvgIpc) is 3.20. The Morgan fingerprint density at radius 1 is 1.21 bits per heavy atom. The topological polar surface area (TPSA) is 81.6 Å². The normalized spacial score (nSPS) is 10.6. The molecule has 7 nitrogen and oxygen atoms in total. The molecule has 2 heterocycles. The van der Waals surface area contributed by atoms with Crippen LogP contribution in [0.2, 0.25) is 0 Å². The molecular weight excluding hydrogens is 398 g/mol. The van der Waals surface area contributed by atoms with Gasteiger partial charge in [-0.3, -0.25) is 9.59 Å². The maximum Gasteiger partial charge on any atom is 0.316 e. The number of aromatic nitrogens is 2. The van der Waals surface area contributed by atoms with Gasteiger partial charge in [0.15, 0.2) is 6.61 Å². The minimum Gasteiger partial charge on any atom is -0.496 e. The van der Waals surface area contributed by atoms with Crippen molar-refractivity contribution in [2.45, 2.75) is 11.6 Å². The van der Waals surface area contributed by atoms with Crippen LogP contribution in [-0.2, 0) is 20.9 Å². The van der Waals surface area contributed by atoms with E-state index in [-0.39, 0.29) is 18.3 Å². The van der Waals surface area contributed by atoms with E-state index in [0.717, 1.165) is 20.8 Å².